The Morgan fingerprint density at radius 2 is 2.00 bits per heavy atom. The summed E-state index contributed by atoms with van der Waals surface area (Å²) in [5, 5.41) is 3.14. The predicted octanol–water partition coefficient (Wildman–Crippen LogP) is 1.62. The highest BCUT2D eigenvalue weighted by molar-refractivity contribution is 6.32. The first-order valence-corrected chi connectivity index (χ1v) is 6.50. The number of carbonyl (C=O) groups excluding carboxylic acids is 2. The van der Waals surface area contributed by atoms with Crippen molar-refractivity contribution in [3.63, 3.8) is 0 Å². The number of hydrogen-bond donors (Lipinski definition) is 1. The van der Waals surface area contributed by atoms with Crippen molar-refractivity contribution < 1.29 is 9.59 Å². The van der Waals surface area contributed by atoms with E-state index >= 15 is 0 Å². The first-order chi connectivity index (χ1) is 9.09. The number of nitrogens with one attached hydrogen (secondary N) is 1. The molecule has 19 heavy (non-hydrogen) atoms. The minimum atomic E-state index is -0.492. The van der Waals surface area contributed by atoms with Gasteiger partial charge in [-0.25, -0.2) is 4.79 Å². The zero-order valence-corrected chi connectivity index (χ0v) is 11.5. The van der Waals surface area contributed by atoms with E-state index in [-0.39, 0.29) is 0 Å². The van der Waals surface area contributed by atoms with Gasteiger partial charge in [0, 0.05) is 43.5 Å². The van der Waals surface area contributed by atoms with E-state index in [9.17, 15) is 9.59 Å². The van der Waals surface area contributed by atoms with Crippen molar-refractivity contribution in [1.82, 2.24) is 14.6 Å². The van der Waals surface area contributed by atoms with E-state index in [1.165, 1.54) is 0 Å². The molecule has 1 aromatic rings. The Hall–Kier alpha value is -1.59. The van der Waals surface area contributed by atoms with Crippen molar-refractivity contribution in [2.75, 3.05) is 26.2 Å². The standard InChI is InChI=1S/C13H16ClN3O2/c1-10-3-2-4-11(9-10)12(18)17(14)13(19)16-7-5-15-6-8-16/h2-4,9,15H,5-8H2,1H3. The lowest BCUT2D eigenvalue weighted by Crippen LogP contribution is -2.50. The van der Waals surface area contributed by atoms with Crippen LogP contribution in [0.25, 0.3) is 0 Å². The van der Waals surface area contributed by atoms with Gasteiger partial charge >= 0.3 is 6.03 Å². The Labute approximate surface area is 117 Å². The van der Waals surface area contributed by atoms with Gasteiger partial charge in [0.2, 0.25) is 0 Å². The third-order valence-corrected chi connectivity index (χ3v) is 3.30. The number of rotatable bonds is 1. The maximum absolute atomic E-state index is 12.1. The Morgan fingerprint density at radius 1 is 1.32 bits per heavy atom. The number of piperazine rings is 1. The van der Waals surface area contributed by atoms with Gasteiger partial charge < -0.3 is 10.2 Å². The van der Waals surface area contributed by atoms with Crippen LogP contribution in [0.4, 0.5) is 4.79 Å². The highest BCUT2D eigenvalue weighted by atomic mass is 35.5. The summed E-state index contributed by atoms with van der Waals surface area (Å²) >= 11 is 5.87. The lowest BCUT2D eigenvalue weighted by atomic mass is 10.1. The SMILES string of the molecule is Cc1cccc(C(=O)N(Cl)C(=O)N2CCNCC2)c1. The number of aryl methyl sites for hydroxylation is 1. The molecule has 5 nitrogen and oxygen atoms in total. The van der Waals surface area contributed by atoms with E-state index in [2.05, 4.69) is 5.32 Å². The molecule has 0 aliphatic carbocycles. The number of hydrogen-bond acceptors (Lipinski definition) is 3. The molecule has 0 atom stereocenters. The molecule has 1 fully saturated rings. The molecular weight excluding hydrogens is 266 g/mol. The number of imide groups is 1. The molecule has 1 aliphatic rings. The second-order valence-electron chi connectivity index (χ2n) is 4.48. The van der Waals surface area contributed by atoms with E-state index in [4.69, 9.17) is 11.8 Å². The van der Waals surface area contributed by atoms with E-state index in [0.29, 0.717) is 23.1 Å². The summed E-state index contributed by atoms with van der Waals surface area (Å²) in [5.41, 5.74) is 1.36. The topological polar surface area (TPSA) is 52.7 Å². The second kappa shape index (κ2) is 6.04. The third-order valence-electron chi connectivity index (χ3n) is 3.00. The molecule has 0 bridgehead atoms. The van der Waals surface area contributed by atoms with Gasteiger partial charge in [-0.15, -0.1) is 0 Å². The Balaban J connectivity index is 2.08. The van der Waals surface area contributed by atoms with Gasteiger partial charge in [-0.05, 0) is 19.1 Å². The molecular formula is C13H16ClN3O2. The second-order valence-corrected chi connectivity index (χ2v) is 4.81. The molecule has 1 heterocycles. The monoisotopic (exact) mass is 281 g/mol. The number of urea groups is 1. The van der Waals surface area contributed by atoms with Crippen LogP contribution in [0.15, 0.2) is 24.3 Å². The quantitative estimate of drug-likeness (QED) is 0.796. The lowest BCUT2D eigenvalue weighted by molar-refractivity contribution is 0.0857. The maximum atomic E-state index is 12.1. The molecule has 102 valence electrons. The molecule has 0 saturated carbocycles. The Morgan fingerprint density at radius 3 is 2.63 bits per heavy atom. The highest BCUT2D eigenvalue weighted by Crippen LogP contribution is 2.12. The molecule has 0 aromatic heterocycles. The van der Waals surface area contributed by atoms with E-state index in [1.807, 2.05) is 13.0 Å². The summed E-state index contributed by atoms with van der Waals surface area (Å²) in [6.45, 7) is 4.43. The van der Waals surface area contributed by atoms with Gasteiger partial charge in [0.1, 0.15) is 0 Å². The van der Waals surface area contributed by atoms with Crippen molar-refractivity contribution in [2.45, 2.75) is 6.92 Å². The molecule has 2 rings (SSSR count). The average Bonchev–Trinajstić information content (AvgIpc) is 2.46. The number of halogens is 1. The van der Waals surface area contributed by atoms with Gasteiger partial charge in [-0.3, -0.25) is 4.79 Å². The zero-order valence-electron chi connectivity index (χ0n) is 10.7. The molecule has 6 heteroatoms. The zero-order chi connectivity index (χ0) is 13.8. The number of carbonyl (C=O) groups is 2. The summed E-state index contributed by atoms with van der Waals surface area (Å²) < 4.78 is 0.667. The number of benzene rings is 1. The maximum Gasteiger partial charge on any atom is 0.342 e. The smallest absolute Gasteiger partial charge is 0.321 e. The molecule has 0 radical (unpaired) electrons. The molecule has 1 aliphatic heterocycles. The van der Waals surface area contributed by atoms with Crippen molar-refractivity contribution in [3.05, 3.63) is 35.4 Å². The van der Waals surface area contributed by atoms with Crippen LogP contribution in [0, 0.1) is 6.92 Å². The van der Waals surface area contributed by atoms with E-state index in [1.54, 1.807) is 23.1 Å². The van der Waals surface area contributed by atoms with Crippen LogP contribution in [0.1, 0.15) is 15.9 Å². The first kappa shape index (κ1) is 13.8. The Kier molecular flexibility index (Phi) is 4.39. The normalized spacial score (nSPS) is 15.2. The van der Waals surface area contributed by atoms with E-state index < -0.39 is 11.9 Å². The van der Waals surface area contributed by atoms with E-state index in [0.717, 1.165) is 18.7 Å². The molecule has 1 N–H and O–H groups in total. The van der Waals surface area contributed by atoms with Crippen molar-refractivity contribution in [2.24, 2.45) is 0 Å². The third kappa shape index (κ3) is 3.24. The first-order valence-electron chi connectivity index (χ1n) is 6.16. The van der Waals surface area contributed by atoms with Gasteiger partial charge in [0.05, 0.1) is 0 Å². The molecule has 3 amide bonds. The van der Waals surface area contributed by atoms with Gasteiger partial charge in [0.15, 0.2) is 0 Å². The van der Waals surface area contributed by atoms with Crippen molar-refractivity contribution in [1.29, 1.82) is 0 Å². The Bertz CT molecular complexity index is 487. The van der Waals surface area contributed by atoms with Gasteiger partial charge in [-0.1, -0.05) is 17.7 Å². The van der Waals surface area contributed by atoms with Crippen LogP contribution >= 0.6 is 11.8 Å². The minimum absolute atomic E-state index is 0.415. The van der Waals surface area contributed by atoms with Crippen molar-refractivity contribution in [3.8, 4) is 0 Å². The summed E-state index contributed by atoms with van der Waals surface area (Å²) in [7, 11) is 0. The summed E-state index contributed by atoms with van der Waals surface area (Å²) in [4.78, 5) is 25.7. The average molecular weight is 282 g/mol. The molecule has 1 saturated heterocycles. The van der Waals surface area contributed by atoms with Gasteiger partial charge in [-0.2, -0.15) is 4.42 Å². The van der Waals surface area contributed by atoms with Crippen LogP contribution in [-0.2, 0) is 0 Å². The minimum Gasteiger partial charge on any atom is -0.321 e. The van der Waals surface area contributed by atoms with Crippen molar-refractivity contribution >= 4 is 23.7 Å². The fraction of sp³-hybridized carbons (Fsp3) is 0.385. The van der Waals surface area contributed by atoms with Crippen LogP contribution in [0.5, 0.6) is 0 Å². The summed E-state index contributed by atoms with van der Waals surface area (Å²) in [6, 6.07) is 6.55. The van der Waals surface area contributed by atoms with Crippen LogP contribution in [0.2, 0.25) is 0 Å². The molecule has 0 unspecified atom stereocenters. The van der Waals surface area contributed by atoms with Crippen LogP contribution in [0.3, 0.4) is 0 Å². The lowest BCUT2D eigenvalue weighted by Gasteiger charge is -2.29. The summed E-state index contributed by atoms with van der Waals surface area (Å²) in [6.07, 6.45) is 0. The van der Waals surface area contributed by atoms with Crippen LogP contribution in [-0.4, -0.2) is 47.4 Å². The molecule has 0 spiro atoms. The van der Waals surface area contributed by atoms with Gasteiger partial charge in [0.25, 0.3) is 5.91 Å². The largest absolute Gasteiger partial charge is 0.342 e. The summed E-state index contributed by atoms with van der Waals surface area (Å²) in [5.74, 6) is -0.492. The number of amides is 3. The fourth-order valence-corrected chi connectivity index (χ4v) is 2.16. The number of nitrogens with zero attached hydrogens (tertiary/aromatic N) is 2. The highest BCUT2D eigenvalue weighted by Gasteiger charge is 2.27. The molecule has 1 aromatic carbocycles. The van der Waals surface area contributed by atoms with Crippen LogP contribution < -0.4 is 5.32 Å². The fourth-order valence-electron chi connectivity index (χ4n) is 1.96. The predicted molar refractivity (Wildman–Crippen MR) is 73.0 cm³/mol.